The minimum Gasteiger partial charge on any atom is -0.323 e. The van der Waals surface area contributed by atoms with Crippen LogP contribution in [-0.4, -0.2) is 26.5 Å². The van der Waals surface area contributed by atoms with Gasteiger partial charge in [-0.05, 0) is 31.0 Å². The Morgan fingerprint density at radius 1 is 1.21 bits per heavy atom. The lowest BCUT2D eigenvalue weighted by Crippen LogP contribution is -2.24. The van der Waals surface area contributed by atoms with E-state index in [1.54, 1.807) is 12.1 Å². The third-order valence-electron chi connectivity index (χ3n) is 3.68. The second kappa shape index (κ2) is 6.99. The topological polar surface area (TPSA) is 83.6 Å². The molecule has 0 aliphatic heterocycles. The average molecular weight is 325 g/mol. The van der Waals surface area contributed by atoms with Gasteiger partial charge in [0.25, 0.3) is 0 Å². The molecule has 0 saturated carbocycles. The summed E-state index contributed by atoms with van der Waals surface area (Å²) in [6, 6.07) is 13.8. The number of rotatable bonds is 5. The van der Waals surface area contributed by atoms with Crippen molar-refractivity contribution in [1.29, 1.82) is 0 Å². The number of aryl methyl sites for hydroxylation is 1. The molecule has 0 radical (unpaired) electrons. The molecule has 0 unspecified atom stereocenters. The molecule has 122 valence electrons. The van der Waals surface area contributed by atoms with Crippen LogP contribution in [0.1, 0.15) is 22.9 Å². The van der Waals surface area contributed by atoms with E-state index in [0.29, 0.717) is 6.42 Å². The monoisotopic (exact) mass is 325 g/mol. The highest BCUT2D eigenvalue weighted by molar-refractivity contribution is 5.95. The average Bonchev–Trinajstić information content (AvgIpc) is 3.10. The van der Waals surface area contributed by atoms with Gasteiger partial charge in [-0.25, -0.2) is 4.39 Å². The molecule has 1 aromatic heterocycles. The maximum Gasteiger partial charge on any atom is 0.235 e. The summed E-state index contributed by atoms with van der Waals surface area (Å²) in [5.41, 5.74) is 2.21. The second-order valence-electron chi connectivity index (χ2n) is 5.48. The molecule has 7 heteroatoms. The van der Waals surface area contributed by atoms with Gasteiger partial charge < -0.3 is 5.32 Å². The van der Waals surface area contributed by atoms with Crippen LogP contribution < -0.4 is 5.32 Å². The van der Waals surface area contributed by atoms with Gasteiger partial charge in [-0.3, -0.25) is 4.79 Å². The van der Waals surface area contributed by atoms with Crippen LogP contribution in [0.15, 0.2) is 48.5 Å². The maximum atomic E-state index is 13.8. The third-order valence-corrected chi connectivity index (χ3v) is 3.68. The van der Waals surface area contributed by atoms with E-state index in [-0.39, 0.29) is 17.4 Å². The Bertz CT molecular complexity index is 817. The minimum atomic E-state index is -0.675. The van der Waals surface area contributed by atoms with Crippen molar-refractivity contribution in [3.63, 3.8) is 0 Å². The zero-order chi connectivity index (χ0) is 16.9. The molecule has 3 rings (SSSR count). The normalized spacial score (nSPS) is 11.9. The summed E-state index contributed by atoms with van der Waals surface area (Å²) in [6.45, 7) is 1.99. The number of nitrogens with zero attached hydrogens (tertiary/aromatic N) is 3. The molecular weight excluding hydrogens is 309 g/mol. The van der Waals surface area contributed by atoms with Crippen molar-refractivity contribution < 1.29 is 9.18 Å². The Balaban J connectivity index is 1.83. The number of nitrogens with one attached hydrogen (secondary N) is 2. The van der Waals surface area contributed by atoms with Crippen LogP contribution in [0, 0.1) is 12.7 Å². The molecule has 0 fully saturated rings. The Labute approximate surface area is 138 Å². The van der Waals surface area contributed by atoms with E-state index in [1.807, 2.05) is 31.2 Å². The zero-order valence-electron chi connectivity index (χ0n) is 13.0. The molecule has 0 saturated heterocycles. The number of aromatic nitrogens is 4. The summed E-state index contributed by atoms with van der Waals surface area (Å²) < 4.78 is 13.8. The Morgan fingerprint density at radius 3 is 2.62 bits per heavy atom. The molecule has 0 bridgehead atoms. The van der Waals surface area contributed by atoms with Gasteiger partial charge in [-0.15, -0.1) is 10.2 Å². The van der Waals surface area contributed by atoms with E-state index >= 15 is 0 Å². The van der Waals surface area contributed by atoms with Crippen molar-refractivity contribution in [2.24, 2.45) is 0 Å². The lowest BCUT2D eigenvalue weighted by Gasteiger charge is -2.14. The Kier molecular flexibility index (Phi) is 4.60. The molecule has 6 nitrogen and oxygen atoms in total. The summed E-state index contributed by atoms with van der Waals surface area (Å²) in [5.74, 6) is -1.29. The molecule has 2 aromatic carbocycles. The molecule has 2 N–H and O–H groups in total. The number of halogens is 1. The third kappa shape index (κ3) is 3.62. The molecule has 0 spiro atoms. The fourth-order valence-electron chi connectivity index (χ4n) is 2.36. The lowest BCUT2D eigenvalue weighted by molar-refractivity contribution is -0.117. The van der Waals surface area contributed by atoms with Crippen molar-refractivity contribution >= 4 is 11.6 Å². The van der Waals surface area contributed by atoms with E-state index in [4.69, 9.17) is 0 Å². The molecule has 1 atom stereocenters. The van der Waals surface area contributed by atoms with Gasteiger partial charge >= 0.3 is 0 Å². The summed E-state index contributed by atoms with van der Waals surface area (Å²) in [6.07, 6.45) is 0.389. The number of hydrogen-bond acceptors (Lipinski definition) is 4. The van der Waals surface area contributed by atoms with Crippen LogP contribution in [-0.2, 0) is 11.2 Å². The minimum absolute atomic E-state index is 0.125. The van der Waals surface area contributed by atoms with Crippen LogP contribution in [0.3, 0.4) is 0 Å². The first kappa shape index (κ1) is 15.8. The van der Waals surface area contributed by atoms with E-state index in [9.17, 15) is 9.18 Å². The number of anilines is 1. The highest BCUT2D eigenvalue weighted by Crippen LogP contribution is 2.21. The number of H-pyrrole nitrogens is 1. The number of hydrogen-bond donors (Lipinski definition) is 2. The fourth-order valence-corrected chi connectivity index (χ4v) is 2.36. The Morgan fingerprint density at radius 2 is 1.96 bits per heavy atom. The molecule has 0 aliphatic rings. The number of amides is 1. The zero-order valence-corrected chi connectivity index (χ0v) is 13.0. The van der Waals surface area contributed by atoms with E-state index in [1.165, 1.54) is 12.1 Å². The molecule has 1 heterocycles. The summed E-state index contributed by atoms with van der Waals surface area (Å²) >= 11 is 0. The SMILES string of the molecule is Cc1ccc(C[C@@H](C(=O)Nc2ccccc2F)c2nn[nH]n2)cc1. The van der Waals surface area contributed by atoms with E-state index in [0.717, 1.165) is 11.1 Å². The predicted octanol–water partition coefficient (Wildman–Crippen LogP) is 2.61. The van der Waals surface area contributed by atoms with Gasteiger partial charge in [0, 0.05) is 0 Å². The largest absolute Gasteiger partial charge is 0.323 e. The molecule has 0 aliphatic carbocycles. The van der Waals surface area contributed by atoms with Crippen molar-refractivity contribution in [2.75, 3.05) is 5.32 Å². The van der Waals surface area contributed by atoms with Crippen molar-refractivity contribution in [1.82, 2.24) is 20.6 Å². The quantitative estimate of drug-likeness (QED) is 0.755. The predicted molar refractivity (Wildman–Crippen MR) is 86.8 cm³/mol. The number of carbonyl (C=O) groups excluding carboxylic acids is 1. The standard InChI is InChI=1S/C17H16FN5O/c1-11-6-8-12(9-7-11)10-13(16-20-22-23-21-16)17(24)19-15-5-3-2-4-14(15)18/h2-9,13H,10H2,1H3,(H,19,24)(H,20,21,22,23)/t13-/m1/s1. The van der Waals surface area contributed by atoms with Gasteiger partial charge in [0.15, 0.2) is 5.82 Å². The molecular formula is C17H16FN5O. The van der Waals surface area contributed by atoms with E-state index in [2.05, 4.69) is 25.9 Å². The molecule has 24 heavy (non-hydrogen) atoms. The second-order valence-corrected chi connectivity index (χ2v) is 5.48. The number of benzene rings is 2. The van der Waals surface area contributed by atoms with Gasteiger partial charge in [0.2, 0.25) is 5.91 Å². The maximum absolute atomic E-state index is 13.8. The first-order valence-corrected chi connectivity index (χ1v) is 7.48. The number of para-hydroxylation sites is 1. The van der Waals surface area contributed by atoms with Gasteiger partial charge in [0.1, 0.15) is 11.7 Å². The summed E-state index contributed by atoms with van der Waals surface area (Å²) in [5, 5.41) is 16.3. The van der Waals surface area contributed by atoms with Crippen molar-refractivity contribution in [2.45, 2.75) is 19.3 Å². The number of aromatic amines is 1. The molecule has 3 aromatic rings. The fraction of sp³-hybridized carbons (Fsp3) is 0.176. The first-order chi connectivity index (χ1) is 11.6. The highest BCUT2D eigenvalue weighted by atomic mass is 19.1. The summed E-state index contributed by atoms with van der Waals surface area (Å²) in [4.78, 5) is 12.6. The van der Waals surface area contributed by atoms with Crippen LogP contribution in [0.4, 0.5) is 10.1 Å². The lowest BCUT2D eigenvalue weighted by atomic mass is 9.97. The van der Waals surface area contributed by atoms with Crippen molar-refractivity contribution in [3.05, 3.63) is 71.3 Å². The van der Waals surface area contributed by atoms with Gasteiger partial charge in [0.05, 0.1) is 5.69 Å². The van der Waals surface area contributed by atoms with Crippen LogP contribution in [0.5, 0.6) is 0 Å². The summed E-state index contributed by atoms with van der Waals surface area (Å²) in [7, 11) is 0. The first-order valence-electron chi connectivity index (χ1n) is 7.48. The van der Waals surface area contributed by atoms with Crippen LogP contribution >= 0.6 is 0 Å². The number of carbonyl (C=O) groups is 1. The smallest absolute Gasteiger partial charge is 0.235 e. The highest BCUT2D eigenvalue weighted by Gasteiger charge is 2.26. The van der Waals surface area contributed by atoms with E-state index < -0.39 is 11.7 Å². The van der Waals surface area contributed by atoms with Crippen molar-refractivity contribution in [3.8, 4) is 0 Å². The van der Waals surface area contributed by atoms with Gasteiger partial charge in [-0.1, -0.05) is 47.2 Å². The Hall–Kier alpha value is -3.09. The number of tetrazole rings is 1. The molecule has 1 amide bonds. The van der Waals surface area contributed by atoms with Gasteiger partial charge in [-0.2, -0.15) is 5.21 Å². The van der Waals surface area contributed by atoms with Crippen LogP contribution in [0.25, 0.3) is 0 Å². The van der Waals surface area contributed by atoms with Crippen LogP contribution in [0.2, 0.25) is 0 Å².